The zero-order chi connectivity index (χ0) is 13.9. The molecule has 0 aromatic heterocycles. The van der Waals surface area contributed by atoms with Gasteiger partial charge in [0.1, 0.15) is 5.75 Å². The molecule has 5 heteroatoms. The normalized spacial score (nSPS) is 14.6. The van der Waals surface area contributed by atoms with Crippen LogP contribution in [0.5, 0.6) is 5.75 Å². The van der Waals surface area contributed by atoms with Gasteiger partial charge in [0, 0.05) is 17.8 Å². The molecule has 1 aromatic rings. The highest BCUT2D eigenvalue weighted by atomic mass is 32.2. The predicted octanol–water partition coefficient (Wildman–Crippen LogP) is 2.25. The average Bonchev–Trinajstić information content (AvgIpc) is 2.38. The number of hydrogen-bond donors (Lipinski definition) is 2. The Morgan fingerprint density at radius 1 is 1.47 bits per heavy atom. The van der Waals surface area contributed by atoms with Crippen molar-refractivity contribution in [2.24, 2.45) is 0 Å². The zero-order valence-electron chi connectivity index (χ0n) is 11.6. The summed E-state index contributed by atoms with van der Waals surface area (Å²) in [6, 6.07) is 5.90. The van der Waals surface area contributed by atoms with Crippen LogP contribution < -0.4 is 15.4 Å². The molecule has 0 radical (unpaired) electrons. The van der Waals surface area contributed by atoms with Crippen molar-refractivity contribution in [3.8, 4) is 5.75 Å². The Kier molecular flexibility index (Phi) is 4.37. The molecule has 0 fully saturated rings. The van der Waals surface area contributed by atoms with Crippen LogP contribution in [-0.2, 0) is 11.3 Å². The number of nitrogens with one attached hydrogen (secondary N) is 2. The van der Waals surface area contributed by atoms with Gasteiger partial charge in [0.25, 0.3) is 5.91 Å². The van der Waals surface area contributed by atoms with Crippen LogP contribution in [0.1, 0.15) is 19.4 Å². The smallest absolute Gasteiger partial charge is 0.262 e. The Morgan fingerprint density at radius 2 is 2.26 bits per heavy atom. The van der Waals surface area contributed by atoms with Crippen molar-refractivity contribution in [2.45, 2.75) is 25.1 Å². The van der Waals surface area contributed by atoms with Crippen LogP contribution in [-0.4, -0.2) is 30.1 Å². The van der Waals surface area contributed by atoms with Crippen molar-refractivity contribution in [1.82, 2.24) is 5.32 Å². The summed E-state index contributed by atoms with van der Waals surface area (Å²) in [6.07, 6.45) is 2.12. The first-order valence-electron chi connectivity index (χ1n) is 6.32. The topological polar surface area (TPSA) is 50.4 Å². The minimum atomic E-state index is -0.0962. The summed E-state index contributed by atoms with van der Waals surface area (Å²) in [5, 5.41) is 6.26. The van der Waals surface area contributed by atoms with E-state index in [1.54, 1.807) is 0 Å². The molecule has 1 aliphatic rings. The number of fused-ring (bicyclic) bond motifs is 1. The number of benzene rings is 1. The molecule has 2 N–H and O–H groups in total. The first-order valence-corrected chi connectivity index (χ1v) is 7.54. The highest BCUT2D eigenvalue weighted by molar-refractivity contribution is 7.99. The number of thioether (sulfide) groups is 1. The van der Waals surface area contributed by atoms with Gasteiger partial charge in [0.2, 0.25) is 0 Å². The lowest BCUT2D eigenvalue weighted by atomic mass is 10.1. The molecule has 19 heavy (non-hydrogen) atoms. The maximum Gasteiger partial charge on any atom is 0.262 e. The molecule has 0 unspecified atom stereocenters. The second-order valence-corrected chi connectivity index (χ2v) is 6.75. The van der Waals surface area contributed by atoms with E-state index >= 15 is 0 Å². The highest BCUT2D eigenvalue weighted by Crippen LogP contribution is 2.28. The fraction of sp³-hybridized carbons (Fsp3) is 0.500. The van der Waals surface area contributed by atoms with E-state index in [1.165, 1.54) is 0 Å². The van der Waals surface area contributed by atoms with Gasteiger partial charge in [-0.1, -0.05) is 6.07 Å². The lowest BCUT2D eigenvalue weighted by molar-refractivity contribution is -0.118. The molecule has 2 rings (SSSR count). The van der Waals surface area contributed by atoms with Gasteiger partial charge in [-0.05, 0) is 37.8 Å². The molecule has 1 aliphatic heterocycles. The molecule has 0 spiro atoms. The number of amides is 1. The van der Waals surface area contributed by atoms with Gasteiger partial charge in [-0.2, -0.15) is 11.8 Å². The third-order valence-corrected chi connectivity index (χ3v) is 4.36. The Hall–Kier alpha value is -1.20. The van der Waals surface area contributed by atoms with E-state index < -0.39 is 0 Å². The van der Waals surface area contributed by atoms with Gasteiger partial charge >= 0.3 is 0 Å². The van der Waals surface area contributed by atoms with E-state index in [0.717, 1.165) is 30.1 Å². The molecular weight excluding hydrogens is 260 g/mol. The van der Waals surface area contributed by atoms with Crippen LogP contribution in [0, 0.1) is 0 Å². The molecular formula is C14H20N2O2S. The van der Waals surface area contributed by atoms with Gasteiger partial charge < -0.3 is 15.4 Å². The SMILES string of the molecule is CSC(C)(C)CNCc1ccc2c(c1)NC(=O)CO2. The van der Waals surface area contributed by atoms with Crippen LogP contribution in [0.4, 0.5) is 5.69 Å². The standard InChI is InChI=1S/C14H20N2O2S/c1-14(2,19-3)9-15-7-10-4-5-12-11(6-10)16-13(17)8-18-12/h4-6,15H,7-9H2,1-3H3,(H,16,17). The molecule has 104 valence electrons. The molecule has 0 saturated heterocycles. The predicted molar refractivity (Wildman–Crippen MR) is 79.9 cm³/mol. The van der Waals surface area contributed by atoms with Gasteiger partial charge in [0.05, 0.1) is 5.69 Å². The number of ether oxygens (including phenoxy) is 1. The van der Waals surface area contributed by atoms with E-state index in [2.05, 4.69) is 30.7 Å². The lowest BCUT2D eigenvalue weighted by Gasteiger charge is -2.23. The molecule has 0 saturated carbocycles. The van der Waals surface area contributed by atoms with Crippen LogP contribution in [0.25, 0.3) is 0 Å². The number of hydrogen-bond acceptors (Lipinski definition) is 4. The van der Waals surface area contributed by atoms with Crippen LogP contribution in [0.3, 0.4) is 0 Å². The average molecular weight is 280 g/mol. The molecule has 1 amide bonds. The second kappa shape index (κ2) is 5.84. The van der Waals surface area contributed by atoms with Crippen LogP contribution in [0.15, 0.2) is 18.2 Å². The lowest BCUT2D eigenvalue weighted by Crippen LogP contribution is -2.31. The first-order chi connectivity index (χ1) is 9.00. The number of carbonyl (C=O) groups excluding carboxylic acids is 1. The van der Waals surface area contributed by atoms with Crippen molar-refractivity contribution < 1.29 is 9.53 Å². The molecule has 1 heterocycles. The summed E-state index contributed by atoms with van der Waals surface area (Å²) in [5.74, 6) is 0.647. The Balaban J connectivity index is 1.95. The van der Waals surface area contributed by atoms with Crippen molar-refractivity contribution in [1.29, 1.82) is 0 Å². The Labute approximate surface area is 118 Å². The van der Waals surface area contributed by atoms with Crippen LogP contribution in [0.2, 0.25) is 0 Å². The van der Waals surface area contributed by atoms with Crippen molar-refractivity contribution in [3.05, 3.63) is 23.8 Å². The maximum atomic E-state index is 11.3. The highest BCUT2D eigenvalue weighted by Gasteiger charge is 2.17. The van der Waals surface area contributed by atoms with Crippen molar-refractivity contribution in [2.75, 3.05) is 24.7 Å². The molecule has 0 bridgehead atoms. The van der Waals surface area contributed by atoms with Crippen molar-refractivity contribution in [3.63, 3.8) is 0 Å². The molecule has 4 nitrogen and oxygen atoms in total. The molecule has 0 aliphatic carbocycles. The van der Waals surface area contributed by atoms with E-state index in [-0.39, 0.29) is 17.3 Å². The summed E-state index contributed by atoms with van der Waals surface area (Å²) >= 11 is 1.85. The zero-order valence-corrected chi connectivity index (χ0v) is 12.4. The van der Waals surface area contributed by atoms with Gasteiger partial charge in [-0.25, -0.2) is 0 Å². The van der Waals surface area contributed by atoms with Gasteiger partial charge in [-0.3, -0.25) is 4.79 Å². The summed E-state index contributed by atoms with van der Waals surface area (Å²) < 4.78 is 5.56. The Morgan fingerprint density at radius 3 is 3.00 bits per heavy atom. The van der Waals surface area contributed by atoms with Crippen molar-refractivity contribution >= 4 is 23.4 Å². The Bertz CT molecular complexity index is 475. The first kappa shape index (κ1) is 14.2. The van der Waals surface area contributed by atoms with Gasteiger partial charge in [-0.15, -0.1) is 0 Å². The van der Waals surface area contributed by atoms with Gasteiger partial charge in [0.15, 0.2) is 6.61 Å². The number of carbonyl (C=O) groups is 1. The second-order valence-electron chi connectivity index (χ2n) is 5.23. The third-order valence-electron chi connectivity index (χ3n) is 3.11. The monoisotopic (exact) mass is 280 g/mol. The summed E-state index contributed by atoms with van der Waals surface area (Å²) in [6.45, 7) is 6.25. The van der Waals surface area contributed by atoms with Crippen LogP contribution >= 0.6 is 11.8 Å². The minimum absolute atomic E-state index is 0.0962. The van der Waals surface area contributed by atoms with E-state index in [9.17, 15) is 4.79 Å². The third kappa shape index (κ3) is 3.88. The fourth-order valence-corrected chi connectivity index (χ4v) is 2.07. The fourth-order valence-electron chi connectivity index (χ4n) is 1.82. The molecule has 0 atom stereocenters. The molecule has 1 aromatic carbocycles. The summed E-state index contributed by atoms with van der Waals surface area (Å²) in [4.78, 5) is 11.3. The van der Waals surface area contributed by atoms with E-state index in [1.807, 2.05) is 30.0 Å². The van der Waals surface area contributed by atoms with E-state index in [0.29, 0.717) is 0 Å². The number of anilines is 1. The minimum Gasteiger partial charge on any atom is -0.482 e. The summed E-state index contributed by atoms with van der Waals surface area (Å²) in [7, 11) is 0. The summed E-state index contributed by atoms with van der Waals surface area (Å²) in [5.41, 5.74) is 1.90. The largest absolute Gasteiger partial charge is 0.482 e. The quantitative estimate of drug-likeness (QED) is 0.868. The number of rotatable bonds is 5. The maximum absolute atomic E-state index is 11.3. The van der Waals surface area contributed by atoms with E-state index in [4.69, 9.17) is 4.74 Å².